The third-order valence-corrected chi connectivity index (χ3v) is 5.53. The molecule has 1 amide bonds. The van der Waals surface area contributed by atoms with Crippen molar-refractivity contribution in [2.75, 3.05) is 25.5 Å². The van der Waals surface area contributed by atoms with Crippen LogP contribution in [-0.2, 0) is 6.54 Å². The van der Waals surface area contributed by atoms with Crippen molar-refractivity contribution in [2.24, 2.45) is 0 Å². The molecule has 5 nitrogen and oxygen atoms in total. The highest BCUT2D eigenvalue weighted by molar-refractivity contribution is 9.10. The molecule has 1 aliphatic rings. The standard InChI is InChI=1S/C21H24BrN3O2S/c1-27-19-10-7-16(13-18(19)22)20(26)24-21(28)23-17-8-5-15(6-9-17)14-25-11-3-2-4-12-25/h5-10,13H,2-4,11-12,14H2,1H3,(H2,23,24,26,28). The maximum atomic E-state index is 12.4. The van der Waals surface area contributed by atoms with Gasteiger partial charge in [-0.2, -0.15) is 0 Å². The third kappa shape index (κ3) is 5.77. The Morgan fingerprint density at radius 2 is 1.86 bits per heavy atom. The summed E-state index contributed by atoms with van der Waals surface area (Å²) in [5.74, 6) is 0.393. The molecule has 3 rings (SSSR count). The molecule has 0 aromatic heterocycles. The Morgan fingerprint density at radius 1 is 1.14 bits per heavy atom. The lowest BCUT2D eigenvalue weighted by atomic mass is 10.1. The third-order valence-electron chi connectivity index (χ3n) is 4.71. The summed E-state index contributed by atoms with van der Waals surface area (Å²) in [6.07, 6.45) is 3.92. The Balaban J connectivity index is 1.52. The number of anilines is 1. The van der Waals surface area contributed by atoms with Crippen LogP contribution in [0.2, 0.25) is 0 Å². The molecule has 0 aliphatic carbocycles. The minimum absolute atomic E-state index is 0.265. The van der Waals surface area contributed by atoms with E-state index >= 15 is 0 Å². The molecule has 7 heteroatoms. The smallest absolute Gasteiger partial charge is 0.257 e. The second-order valence-corrected chi connectivity index (χ2v) is 8.05. The summed E-state index contributed by atoms with van der Waals surface area (Å²) in [5.41, 5.74) is 2.63. The molecule has 0 unspecified atom stereocenters. The zero-order valence-corrected chi connectivity index (χ0v) is 18.2. The first kappa shape index (κ1) is 20.8. The molecule has 1 heterocycles. The first-order chi connectivity index (χ1) is 13.5. The summed E-state index contributed by atoms with van der Waals surface area (Å²) in [5, 5.41) is 6.03. The van der Waals surface area contributed by atoms with Crippen LogP contribution >= 0.6 is 28.1 Å². The van der Waals surface area contributed by atoms with Gasteiger partial charge >= 0.3 is 0 Å². The van der Waals surface area contributed by atoms with Crippen molar-refractivity contribution in [1.82, 2.24) is 10.2 Å². The fourth-order valence-electron chi connectivity index (χ4n) is 3.21. The Morgan fingerprint density at radius 3 is 2.50 bits per heavy atom. The number of amides is 1. The highest BCUT2D eigenvalue weighted by atomic mass is 79.9. The molecule has 1 aliphatic heterocycles. The van der Waals surface area contributed by atoms with Gasteiger partial charge in [-0.05, 0) is 90.0 Å². The molecule has 28 heavy (non-hydrogen) atoms. The van der Waals surface area contributed by atoms with E-state index < -0.39 is 0 Å². The van der Waals surface area contributed by atoms with E-state index in [0.717, 1.165) is 12.2 Å². The molecule has 2 aromatic rings. The van der Waals surface area contributed by atoms with Gasteiger partial charge in [0.25, 0.3) is 5.91 Å². The fraction of sp³-hybridized carbons (Fsp3) is 0.333. The highest BCUT2D eigenvalue weighted by Gasteiger charge is 2.12. The topological polar surface area (TPSA) is 53.6 Å². The second-order valence-electron chi connectivity index (χ2n) is 6.79. The number of piperidine rings is 1. The van der Waals surface area contributed by atoms with E-state index in [1.165, 1.54) is 37.9 Å². The molecule has 1 saturated heterocycles. The molecule has 0 saturated carbocycles. The van der Waals surface area contributed by atoms with Crippen LogP contribution in [-0.4, -0.2) is 36.1 Å². The number of carbonyl (C=O) groups is 1. The van der Waals surface area contributed by atoms with Crippen molar-refractivity contribution in [2.45, 2.75) is 25.8 Å². The monoisotopic (exact) mass is 461 g/mol. The average Bonchev–Trinajstić information content (AvgIpc) is 2.70. The Labute approximate surface area is 179 Å². The lowest BCUT2D eigenvalue weighted by molar-refractivity contribution is 0.0977. The van der Waals surface area contributed by atoms with Gasteiger partial charge in [0.15, 0.2) is 5.11 Å². The largest absolute Gasteiger partial charge is 0.496 e. The number of hydrogen-bond acceptors (Lipinski definition) is 4. The van der Waals surface area contributed by atoms with Crippen molar-refractivity contribution in [3.63, 3.8) is 0 Å². The number of methoxy groups -OCH3 is 1. The van der Waals surface area contributed by atoms with Crippen LogP contribution < -0.4 is 15.4 Å². The van der Waals surface area contributed by atoms with Crippen LogP contribution in [0.5, 0.6) is 5.75 Å². The number of ether oxygens (including phenoxy) is 1. The number of nitrogens with zero attached hydrogens (tertiary/aromatic N) is 1. The molecule has 0 spiro atoms. The molecule has 2 N–H and O–H groups in total. The summed E-state index contributed by atoms with van der Waals surface area (Å²) < 4.78 is 5.89. The van der Waals surface area contributed by atoms with Crippen molar-refractivity contribution >= 4 is 44.9 Å². The number of thiocarbonyl (C=S) groups is 1. The molecule has 0 bridgehead atoms. The first-order valence-corrected chi connectivity index (χ1v) is 10.5. The zero-order chi connectivity index (χ0) is 19.9. The van der Waals surface area contributed by atoms with Gasteiger partial charge < -0.3 is 10.1 Å². The maximum absolute atomic E-state index is 12.4. The van der Waals surface area contributed by atoms with Gasteiger partial charge in [0.2, 0.25) is 0 Å². The quantitative estimate of drug-likeness (QED) is 0.638. The zero-order valence-electron chi connectivity index (χ0n) is 15.8. The van der Waals surface area contributed by atoms with Crippen LogP contribution in [0.4, 0.5) is 5.69 Å². The Bertz CT molecular complexity index is 836. The second kappa shape index (κ2) is 10.0. The van der Waals surface area contributed by atoms with E-state index in [-0.39, 0.29) is 11.0 Å². The highest BCUT2D eigenvalue weighted by Crippen LogP contribution is 2.25. The summed E-state index contributed by atoms with van der Waals surface area (Å²) in [6.45, 7) is 3.34. The summed E-state index contributed by atoms with van der Waals surface area (Å²) >= 11 is 8.65. The van der Waals surface area contributed by atoms with Gasteiger partial charge in [-0.3, -0.25) is 15.0 Å². The molecule has 0 radical (unpaired) electrons. The normalized spacial score (nSPS) is 14.4. The van der Waals surface area contributed by atoms with Gasteiger partial charge in [-0.1, -0.05) is 18.6 Å². The predicted molar refractivity (Wildman–Crippen MR) is 120 cm³/mol. The summed E-state index contributed by atoms with van der Waals surface area (Å²) in [4.78, 5) is 14.9. The van der Waals surface area contributed by atoms with Crippen LogP contribution in [0, 0.1) is 0 Å². The van der Waals surface area contributed by atoms with Crippen molar-refractivity contribution in [3.8, 4) is 5.75 Å². The lowest BCUT2D eigenvalue weighted by Gasteiger charge is -2.26. The van der Waals surface area contributed by atoms with Gasteiger partial charge in [-0.25, -0.2) is 0 Å². The van der Waals surface area contributed by atoms with Gasteiger partial charge in [0.1, 0.15) is 5.75 Å². The van der Waals surface area contributed by atoms with Crippen molar-refractivity contribution < 1.29 is 9.53 Å². The first-order valence-electron chi connectivity index (χ1n) is 9.32. The van der Waals surface area contributed by atoms with Gasteiger partial charge in [0, 0.05) is 17.8 Å². The Kier molecular flexibility index (Phi) is 7.42. The number of halogens is 1. The number of rotatable bonds is 5. The molecule has 1 fully saturated rings. The van der Waals surface area contributed by atoms with Crippen molar-refractivity contribution in [3.05, 3.63) is 58.1 Å². The fourth-order valence-corrected chi connectivity index (χ4v) is 3.97. The molecular weight excluding hydrogens is 438 g/mol. The number of benzene rings is 2. The van der Waals surface area contributed by atoms with Crippen LogP contribution in [0.15, 0.2) is 46.9 Å². The molecule has 0 atom stereocenters. The van der Waals surface area contributed by atoms with E-state index in [9.17, 15) is 4.79 Å². The summed E-state index contributed by atoms with van der Waals surface area (Å²) in [7, 11) is 1.58. The molecule has 2 aromatic carbocycles. The number of carbonyl (C=O) groups excluding carboxylic acids is 1. The maximum Gasteiger partial charge on any atom is 0.257 e. The number of hydrogen-bond donors (Lipinski definition) is 2. The van der Waals surface area contributed by atoms with E-state index in [1.807, 2.05) is 12.1 Å². The minimum Gasteiger partial charge on any atom is -0.496 e. The Hall–Kier alpha value is -1.96. The number of likely N-dealkylation sites (tertiary alicyclic amines) is 1. The van der Waals surface area contributed by atoms with E-state index in [0.29, 0.717) is 15.8 Å². The van der Waals surface area contributed by atoms with Gasteiger partial charge in [-0.15, -0.1) is 0 Å². The molecular formula is C21H24BrN3O2S. The van der Waals surface area contributed by atoms with Gasteiger partial charge in [0.05, 0.1) is 11.6 Å². The van der Waals surface area contributed by atoms with Crippen LogP contribution in [0.1, 0.15) is 35.2 Å². The average molecular weight is 462 g/mol. The van der Waals surface area contributed by atoms with E-state index in [4.69, 9.17) is 17.0 Å². The van der Waals surface area contributed by atoms with Crippen molar-refractivity contribution in [1.29, 1.82) is 0 Å². The number of nitrogens with one attached hydrogen (secondary N) is 2. The van der Waals surface area contributed by atoms with E-state index in [2.05, 4.69) is 43.6 Å². The van der Waals surface area contributed by atoms with Crippen LogP contribution in [0.3, 0.4) is 0 Å². The van der Waals surface area contributed by atoms with Crippen LogP contribution in [0.25, 0.3) is 0 Å². The summed E-state index contributed by atoms with van der Waals surface area (Å²) in [6, 6.07) is 13.3. The lowest BCUT2D eigenvalue weighted by Crippen LogP contribution is -2.34. The minimum atomic E-state index is -0.275. The molecule has 148 valence electrons. The SMILES string of the molecule is COc1ccc(C(=O)NC(=S)Nc2ccc(CN3CCCCC3)cc2)cc1Br. The predicted octanol–water partition coefficient (Wildman–Crippen LogP) is 4.57. The van der Waals surface area contributed by atoms with E-state index in [1.54, 1.807) is 25.3 Å².